The van der Waals surface area contributed by atoms with Crippen molar-refractivity contribution >= 4 is 32.8 Å². The van der Waals surface area contributed by atoms with Gasteiger partial charge in [-0.25, -0.2) is 13.4 Å². The van der Waals surface area contributed by atoms with Crippen LogP contribution in [0.4, 0.5) is 5.82 Å². The van der Waals surface area contributed by atoms with Gasteiger partial charge in [0.2, 0.25) is 15.9 Å². The van der Waals surface area contributed by atoms with Crippen LogP contribution in [-0.2, 0) is 23.0 Å². The lowest BCUT2D eigenvalue weighted by atomic mass is 10.2. The molecule has 0 aliphatic heterocycles. The molecule has 0 amide bonds. The number of aryl methyl sites for hydroxylation is 2. The highest BCUT2D eigenvalue weighted by molar-refractivity contribution is 7.89. The molecule has 170 valence electrons. The van der Waals surface area contributed by atoms with Gasteiger partial charge in [0.25, 0.3) is 0 Å². The van der Waals surface area contributed by atoms with Crippen molar-refractivity contribution in [1.29, 1.82) is 5.26 Å². The van der Waals surface area contributed by atoms with Crippen LogP contribution < -0.4 is 5.73 Å². The monoisotopic (exact) mass is 457 g/mol. The number of carbonyl (C=O) groups is 1. The summed E-state index contributed by atoms with van der Waals surface area (Å²) < 4.78 is 30.2. The summed E-state index contributed by atoms with van der Waals surface area (Å²) in [4.78, 5) is 17.4. The van der Waals surface area contributed by atoms with E-state index in [0.717, 1.165) is 16.6 Å². The highest BCUT2D eigenvalue weighted by Crippen LogP contribution is 2.24. The van der Waals surface area contributed by atoms with Crippen LogP contribution in [0, 0.1) is 11.3 Å². The lowest BCUT2D eigenvalue weighted by molar-refractivity contribution is 0.0889. The van der Waals surface area contributed by atoms with Crippen LogP contribution in [0.3, 0.4) is 0 Å². The predicted molar refractivity (Wildman–Crippen MR) is 120 cm³/mol. The first kappa shape index (κ1) is 23.4. The number of nitrogen functional groups attached to an aromatic ring is 1. The fourth-order valence-corrected chi connectivity index (χ4v) is 5.14. The second-order valence-corrected chi connectivity index (χ2v) is 9.22. The van der Waals surface area contributed by atoms with Crippen molar-refractivity contribution in [2.75, 3.05) is 18.8 Å². The predicted octanol–water partition coefficient (Wildman–Crippen LogP) is 2.40. The molecular formula is C21H27N7O3S. The van der Waals surface area contributed by atoms with Crippen molar-refractivity contribution < 1.29 is 13.2 Å². The van der Waals surface area contributed by atoms with E-state index in [1.807, 2.05) is 17.6 Å². The summed E-state index contributed by atoms with van der Waals surface area (Å²) in [6, 6.07) is 6.85. The fourth-order valence-electron chi connectivity index (χ4n) is 3.66. The highest BCUT2D eigenvalue weighted by atomic mass is 32.2. The number of benzene rings is 1. The van der Waals surface area contributed by atoms with Gasteiger partial charge in [-0.3, -0.25) is 4.79 Å². The third kappa shape index (κ3) is 4.24. The Balaban J connectivity index is 1.93. The molecule has 0 atom stereocenters. The van der Waals surface area contributed by atoms with E-state index in [2.05, 4.69) is 10.1 Å². The average Bonchev–Trinajstić information content (AvgIpc) is 3.32. The molecule has 0 saturated carbocycles. The number of hydrogen-bond acceptors (Lipinski definition) is 7. The topological polar surface area (TPSA) is 140 Å². The summed E-state index contributed by atoms with van der Waals surface area (Å²) in [5.41, 5.74) is 7.34. The molecule has 32 heavy (non-hydrogen) atoms. The summed E-state index contributed by atoms with van der Waals surface area (Å²) >= 11 is 0. The van der Waals surface area contributed by atoms with Gasteiger partial charge in [0.15, 0.2) is 0 Å². The number of imidazole rings is 1. The second kappa shape index (κ2) is 9.50. The lowest BCUT2D eigenvalue weighted by Gasteiger charge is -2.18. The van der Waals surface area contributed by atoms with Crippen molar-refractivity contribution in [2.45, 2.75) is 51.5 Å². The Morgan fingerprint density at radius 1 is 1.25 bits per heavy atom. The average molecular weight is 458 g/mol. The van der Waals surface area contributed by atoms with E-state index in [0.29, 0.717) is 37.4 Å². The van der Waals surface area contributed by atoms with E-state index in [4.69, 9.17) is 11.0 Å². The van der Waals surface area contributed by atoms with Gasteiger partial charge in [-0.05, 0) is 24.6 Å². The van der Waals surface area contributed by atoms with E-state index >= 15 is 0 Å². The fraction of sp³-hybridized carbons (Fsp3) is 0.429. The van der Waals surface area contributed by atoms with Crippen LogP contribution in [0.1, 0.15) is 49.8 Å². The number of nitriles is 1. The maximum Gasteiger partial charge on any atom is 0.249 e. The first-order valence-corrected chi connectivity index (χ1v) is 12.0. The number of nitrogens with zero attached hydrogens (tertiary/aromatic N) is 6. The molecule has 10 nitrogen and oxygen atoms in total. The maximum absolute atomic E-state index is 12.9. The number of anilines is 1. The van der Waals surface area contributed by atoms with Crippen LogP contribution in [0.2, 0.25) is 0 Å². The zero-order valence-corrected chi connectivity index (χ0v) is 19.3. The zero-order valence-electron chi connectivity index (χ0n) is 18.4. The summed E-state index contributed by atoms with van der Waals surface area (Å²) in [6.07, 6.45) is 2.53. The third-order valence-corrected chi connectivity index (χ3v) is 7.36. The second-order valence-electron chi connectivity index (χ2n) is 7.28. The van der Waals surface area contributed by atoms with Gasteiger partial charge in [0, 0.05) is 32.5 Å². The van der Waals surface area contributed by atoms with Crippen LogP contribution in [0.15, 0.2) is 29.3 Å². The number of hydrogen-bond donors (Lipinski definition) is 1. The molecule has 0 spiro atoms. The Morgan fingerprint density at radius 2 is 1.97 bits per heavy atom. The quantitative estimate of drug-likeness (QED) is 0.520. The smallest absolute Gasteiger partial charge is 0.249 e. The van der Waals surface area contributed by atoms with E-state index < -0.39 is 10.0 Å². The maximum atomic E-state index is 12.9. The number of fused-ring (bicyclic) bond motifs is 1. The minimum atomic E-state index is -3.60. The van der Waals surface area contributed by atoms with Gasteiger partial charge in [-0.2, -0.15) is 19.3 Å². The van der Waals surface area contributed by atoms with Crippen LogP contribution >= 0.6 is 0 Å². The number of sulfonamides is 1. The largest absolute Gasteiger partial charge is 0.382 e. The first-order valence-electron chi connectivity index (χ1n) is 10.5. The van der Waals surface area contributed by atoms with Gasteiger partial charge < -0.3 is 10.3 Å². The number of aromatic nitrogens is 4. The summed E-state index contributed by atoms with van der Waals surface area (Å²) in [6.45, 7) is 7.10. The molecule has 0 unspecified atom stereocenters. The van der Waals surface area contributed by atoms with E-state index in [-0.39, 0.29) is 28.6 Å². The molecular weight excluding hydrogens is 430 g/mol. The van der Waals surface area contributed by atoms with Gasteiger partial charge in [-0.1, -0.05) is 20.8 Å². The molecule has 2 N–H and O–H groups in total. The third-order valence-electron chi connectivity index (χ3n) is 5.31. The standard InChI is InChI=1S/C21H27N7O3S/c1-4-11-27-18-8-7-16(32(30,31)26(5-2)6-3)12-17(18)25-19(27)9-10-20(29)28-21(23)15(13-22)14-24-28/h7-8,12,14H,4-6,9-11,23H2,1-3H3. The number of nitrogens with two attached hydrogens (primary N) is 1. The Labute approximate surface area is 187 Å². The minimum Gasteiger partial charge on any atom is -0.382 e. The van der Waals surface area contributed by atoms with Gasteiger partial charge in [-0.15, -0.1) is 0 Å². The molecule has 11 heteroatoms. The first-order chi connectivity index (χ1) is 15.3. The molecule has 0 fully saturated rings. The number of carbonyl (C=O) groups excluding carboxylic acids is 1. The molecule has 0 bridgehead atoms. The molecule has 0 aliphatic carbocycles. The van der Waals surface area contributed by atoms with Crippen molar-refractivity contribution in [2.24, 2.45) is 0 Å². The van der Waals surface area contributed by atoms with Gasteiger partial charge >= 0.3 is 0 Å². The van der Waals surface area contributed by atoms with Gasteiger partial charge in [0.1, 0.15) is 23.3 Å². The minimum absolute atomic E-state index is 0.0193. The van der Waals surface area contributed by atoms with Crippen LogP contribution in [-0.4, -0.2) is 51.1 Å². The van der Waals surface area contributed by atoms with Crippen molar-refractivity contribution in [3.63, 3.8) is 0 Å². The summed E-state index contributed by atoms with van der Waals surface area (Å²) in [5.74, 6) is 0.355. The number of rotatable bonds is 9. The van der Waals surface area contributed by atoms with Gasteiger partial charge in [0.05, 0.1) is 22.1 Å². The van der Waals surface area contributed by atoms with E-state index in [9.17, 15) is 13.2 Å². The molecule has 0 saturated heterocycles. The summed E-state index contributed by atoms with van der Waals surface area (Å²) in [7, 11) is -3.60. The normalized spacial score (nSPS) is 11.8. The molecule has 1 aromatic carbocycles. The van der Waals surface area contributed by atoms with E-state index in [1.165, 1.54) is 10.5 Å². The van der Waals surface area contributed by atoms with E-state index in [1.54, 1.807) is 32.0 Å². The highest BCUT2D eigenvalue weighted by Gasteiger charge is 2.23. The Bertz CT molecular complexity index is 1280. The van der Waals surface area contributed by atoms with Crippen molar-refractivity contribution in [1.82, 2.24) is 23.6 Å². The van der Waals surface area contributed by atoms with Crippen molar-refractivity contribution in [3.8, 4) is 6.07 Å². The SMILES string of the molecule is CCCn1c(CCC(=O)n2ncc(C#N)c2N)nc2cc(S(=O)(=O)N(CC)CC)ccc21. The Morgan fingerprint density at radius 3 is 2.56 bits per heavy atom. The Kier molecular flexibility index (Phi) is 6.96. The molecule has 3 aromatic rings. The molecule has 0 radical (unpaired) electrons. The Hall–Kier alpha value is -3.23. The van der Waals surface area contributed by atoms with Crippen molar-refractivity contribution in [3.05, 3.63) is 35.8 Å². The zero-order chi connectivity index (χ0) is 23.5. The van der Waals surface area contributed by atoms with Crippen LogP contribution in [0.5, 0.6) is 0 Å². The summed E-state index contributed by atoms with van der Waals surface area (Å²) in [5, 5.41) is 12.9. The molecule has 3 rings (SSSR count). The van der Waals surface area contributed by atoms with Crippen LogP contribution in [0.25, 0.3) is 11.0 Å². The molecule has 2 aromatic heterocycles. The molecule has 0 aliphatic rings. The molecule has 2 heterocycles. The lowest BCUT2D eigenvalue weighted by Crippen LogP contribution is -2.30.